The molecular weight excluding hydrogens is 180 g/mol. The first kappa shape index (κ1) is 10.3. The van der Waals surface area contributed by atoms with Crippen LogP contribution in [0, 0.1) is 0 Å². The Balaban J connectivity index is 2.66. The van der Waals surface area contributed by atoms with Crippen LogP contribution in [0.4, 0.5) is 0 Å². The van der Waals surface area contributed by atoms with Crippen LogP contribution in [0.1, 0.15) is 24.5 Å². The first-order valence-electron chi connectivity index (χ1n) is 4.68. The number of aryl methyl sites for hydroxylation is 1. The van der Waals surface area contributed by atoms with Gasteiger partial charge in [0.25, 0.3) is 0 Å². The van der Waals surface area contributed by atoms with E-state index in [2.05, 4.69) is 43.3 Å². The summed E-state index contributed by atoms with van der Waals surface area (Å²) in [6.45, 7) is 2.17. The van der Waals surface area contributed by atoms with Crippen molar-refractivity contribution in [1.82, 2.24) is 0 Å². The zero-order chi connectivity index (χ0) is 9.52. The molecule has 1 aromatic rings. The summed E-state index contributed by atoms with van der Waals surface area (Å²) in [5.41, 5.74) is 2.65. The summed E-state index contributed by atoms with van der Waals surface area (Å²) < 4.78 is 0. The molecule has 1 heteroatoms. The second kappa shape index (κ2) is 5.82. The molecule has 0 aliphatic carbocycles. The van der Waals surface area contributed by atoms with Gasteiger partial charge in [-0.3, -0.25) is 0 Å². The number of allylic oxidation sites excluding steroid dienone is 1. The van der Waals surface area contributed by atoms with E-state index in [1.807, 2.05) is 0 Å². The molecule has 0 atom stereocenters. The molecule has 1 aromatic carbocycles. The van der Waals surface area contributed by atoms with Crippen molar-refractivity contribution in [3.8, 4) is 0 Å². The lowest BCUT2D eigenvalue weighted by Crippen LogP contribution is -1.80. The molecule has 0 nitrogen and oxygen atoms in total. The summed E-state index contributed by atoms with van der Waals surface area (Å²) in [5, 5.41) is 0. The second-order valence-corrected chi connectivity index (χ2v) is 3.36. The molecule has 0 N–H and O–H groups in total. The zero-order valence-corrected chi connectivity index (χ0v) is 8.72. The summed E-state index contributed by atoms with van der Waals surface area (Å²) in [7, 11) is 0. The van der Waals surface area contributed by atoms with Crippen LogP contribution in [0.3, 0.4) is 0 Å². The van der Waals surface area contributed by atoms with Gasteiger partial charge < -0.3 is 0 Å². The van der Waals surface area contributed by atoms with Crippen LogP contribution >= 0.6 is 11.6 Å². The molecule has 13 heavy (non-hydrogen) atoms. The normalized spacial score (nSPS) is 10.9. The quantitative estimate of drug-likeness (QED) is 0.638. The Bertz CT molecular complexity index is 276. The van der Waals surface area contributed by atoms with Gasteiger partial charge in [-0.1, -0.05) is 43.3 Å². The third kappa shape index (κ3) is 3.65. The lowest BCUT2D eigenvalue weighted by atomic mass is 10.1. The minimum Gasteiger partial charge on any atom is -0.126 e. The molecule has 0 aliphatic heterocycles. The lowest BCUT2D eigenvalue weighted by Gasteiger charge is -1.97. The van der Waals surface area contributed by atoms with Gasteiger partial charge in [-0.15, -0.1) is 11.6 Å². The molecule has 0 fully saturated rings. The fraction of sp³-hybridized carbons (Fsp3) is 0.333. The largest absolute Gasteiger partial charge is 0.126 e. The molecule has 0 aliphatic rings. The van der Waals surface area contributed by atoms with Crippen LogP contribution in [-0.2, 0) is 6.42 Å². The predicted octanol–water partition coefficient (Wildman–Crippen LogP) is 3.89. The number of rotatable bonds is 4. The van der Waals surface area contributed by atoms with Crippen molar-refractivity contribution in [1.29, 1.82) is 0 Å². The van der Waals surface area contributed by atoms with E-state index in [1.165, 1.54) is 11.1 Å². The molecule has 0 bridgehead atoms. The highest BCUT2D eigenvalue weighted by Gasteiger charge is 1.89. The van der Waals surface area contributed by atoms with E-state index in [4.69, 9.17) is 11.6 Å². The Morgan fingerprint density at radius 1 is 1.38 bits per heavy atom. The molecule has 0 spiro atoms. The lowest BCUT2D eigenvalue weighted by molar-refractivity contribution is 1.14. The second-order valence-electron chi connectivity index (χ2n) is 2.98. The third-order valence-corrected chi connectivity index (χ3v) is 2.16. The van der Waals surface area contributed by atoms with Crippen molar-refractivity contribution in [2.75, 3.05) is 5.88 Å². The fourth-order valence-electron chi connectivity index (χ4n) is 1.20. The number of benzene rings is 1. The van der Waals surface area contributed by atoms with Crippen LogP contribution in [-0.4, -0.2) is 5.88 Å². The van der Waals surface area contributed by atoms with E-state index in [9.17, 15) is 0 Å². The van der Waals surface area contributed by atoms with E-state index in [-0.39, 0.29) is 0 Å². The topological polar surface area (TPSA) is 0 Å². The minimum absolute atomic E-state index is 0.698. The van der Waals surface area contributed by atoms with Gasteiger partial charge >= 0.3 is 0 Å². The van der Waals surface area contributed by atoms with Crippen LogP contribution in [0.25, 0.3) is 6.08 Å². The Hall–Kier alpha value is -0.750. The Morgan fingerprint density at radius 3 is 2.92 bits per heavy atom. The maximum Gasteiger partial charge on any atom is 0.0258 e. The molecule has 0 radical (unpaired) electrons. The summed E-state index contributed by atoms with van der Waals surface area (Å²) >= 11 is 5.58. The standard InChI is InChI=1S/C12H15Cl/c1-2-11-7-5-8-12(10-11)6-3-4-9-13/h3,5-8,10H,2,4,9H2,1H3/b6-3+. The molecule has 0 saturated carbocycles. The first-order chi connectivity index (χ1) is 6.36. The van der Waals surface area contributed by atoms with Gasteiger partial charge in [0.05, 0.1) is 0 Å². The Labute approximate surface area is 85.2 Å². The van der Waals surface area contributed by atoms with Gasteiger partial charge in [-0.25, -0.2) is 0 Å². The molecule has 0 heterocycles. The highest BCUT2D eigenvalue weighted by Crippen LogP contribution is 2.08. The zero-order valence-electron chi connectivity index (χ0n) is 7.96. The van der Waals surface area contributed by atoms with Crippen LogP contribution in [0.15, 0.2) is 30.3 Å². The van der Waals surface area contributed by atoms with E-state index in [1.54, 1.807) is 0 Å². The highest BCUT2D eigenvalue weighted by atomic mass is 35.5. The first-order valence-corrected chi connectivity index (χ1v) is 5.21. The Morgan fingerprint density at radius 2 is 2.23 bits per heavy atom. The molecular formula is C12H15Cl. The SMILES string of the molecule is CCc1cccc(/C=C/CCCl)c1. The highest BCUT2D eigenvalue weighted by molar-refractivity contribution is 6.17. The van der Waals surface area contributed by atoms with Gasteiger partial charge in [0, 0.05) is 5.88 Å². The summed E-state index contributed by atoms with van der Waals surface area (Å²) in [6.07, 6.45) is 6.28. The molecule has 0 amide bonds. The van der Waals surface area contributed by atoms with Crippen LogP contribution < -0.4 is 0 Å². The summed E-state index contributed by atoms with van der Waals surface area (Å²) in [5.74, 6) is 0.698. The molecule has 0 unspecified atom stereocenters. The van der Waals surface area contributed by atoms with Gasteiger partial charge in [0.15, 0.2) is 0 Å². The molecule has 0 saturated heterocycles. The summed E-state index contributed by atoms with van der Waals surface area (Å²) in [6, 6.07) is 8.58. The van der Waals surface area contributed by atoms with E-state index >= 15 is 0 Å². The summed E-state index contributed by atoms with van der Waals surface area (Å²) in [4.78, 5) is 0. The van der Waals surface area contributed by atoms with Crippen LogP contribution in [0.2, 0.25) is 0 Å². The van der Waals surface area contributed by atoms with Crippen molar-refractivity contribution in [2.45, 2.75) is 19.8 Å². The maximum absolute atomic E-state index is 5.58. The maximum atomic E-state index is 5.58. The third-order valence-electron chi connectivity index (χ3n) is 1.95. The van der Waals surface area contributed by atoms with Crippen LogP contribution in [0.5, 0.6) is 0 Å². The average Bonchev–Trinajstić information content (AvgIpc) is 2.19. The minimum atomic E-state index is 0.698. The van der Waals surface area contributed by atoms with Crippen molar-refractivity contribution in [3.05, 3.63) is 41.5 Å². The molecule has 70 valence electrons. The number of halogens is 1. The fourth-order valence-corrected chi connectivity index (χ4v) is 1.33. The smallest absolute Gasteiger partial charge is 0.0258 e. The molecule has 1 rings (SSSR count). The van der Waals surface area contributed by atoms with Crippen molar-refractivity contribution >= 4 is 17.7 Å². The number of hydrogen-bond donors (Lipinski definition) is 0. The van der Waals surface area contributed by atoms with E-state index in [0.717, 1.165) is 12.8 Å². The van der Waals surface area contributed by atoms with Gasteiger partial charge in [-0.05, 0) is 24.0 Å². The number of alkyl halides is 1. The monoisotopic (exact) mass is 194 g/mol. The van der Waals surface area contributed by atoms with Gasteiger partial charge in [0.1, 0.15) is 0 Å². The Kier molecular flexibility index (Phi) is 4.63. The van der Waals surface area contributed by atoms with Crippen molar-refractivity contribution in [3.63, 3.8) is 0 Å². The average molecular weight is 195 g/mol. The van der Waals surface area contributed by atoms with Crippen molar-refractivity contribution < 1.29 is 0 Å². The van der Waals surface area contributed by atoms with Gasteiger partial charge in [0.2, 0.25) is 0 Å². The van der Waals surface area contributed by atoms with E-state index in [0.29, 0.717) is 5.88 Å². The molecule has 0 aromatic heterocycles. The van der Waals surface area contributed by atoms with Crippen molar-refractivity contribution in [2.24, 2.45) is 0 Å². The van der Waals surface area contributed by atoms with E-state index < -0.39 is 0 Å². The number of hydrogen-bond acceptors (Lipinski definition) is 0. The predicted molar refractivity (Wildman–Crippen MR) is 60.2 cm³/mol. The van der Waals surface area contributed by atoms with Gasteiger partial charge in [-0.2, -0.15) is 0 Å².